The summed E-state index contributed by atoms with van der Waals surface area (Å²) in [6, 6.07) is 0. The van der Waals surface area contributed by atoms with Crippen molar-refractivity contribution >= 4 is 0 Å². The van der Waals surface area contributed by atoms with Crippen LogP contribution in [0.5, 0.6) is 0 Å². The molecule has 0 unspecified atom stereocenters. The fraction of sp³-hybridized carbons (Fsp3) is 0.714. The largest absolute Gasteiger partial charge is 0.252 e. The molecule has 0 spiro atoms. The molecule has 3 nitrogen and oxygen atoms in total. The second-order valence-electron chi connectivity index (χ2n) is 3.66. The maximum Gasteiger partial charge on any atom is 0.0692 e. The molecule has 1 heterocycles. The summed E-state index contributed by atoms with van der Waals surface area (Å²) in [5.41, 5.74) is 0.285. The van der Waals surface area contributed by atoms with Gasteiger partial charge in [-0.15, -0.1) is 5.10 Å². The van der Waals surface area contributed by atoms with E-state index >= 15 is 0 Å². The zero-order valence-electron chi connectivity index (χ0n) is 6.70. The van der Waals surface area contributed by atoms with Crippen molar-refractivity contribution in [1.82, 2.24) is 15.0 Å². The predicted octanol–water partition coefficient (Wildman–Crippen LogP) is 1.32. The van der Waals surface area contributed by atoms with Gasteiger partial charge in [0.05, 0.1) is 6.20 Å². The number of nitrogens with zero attached hydrogens (tertiary/aromatic N) is 3. The minimum absolute atomic E-state index is 0.285. The maximum absolute atomic E-state index is 3.87. The van der Waals surface area contributed by atoms with E-state index in [0.29, 0.717) is 0 Å². The van der Waals surface area contributed by atoms with E-state index in [1.54, 1.807) is 6.20 Å². The maximum atomic E-state index is 3.87. The Bertz CT molecular complexity index is 183. The van der Waals surface area contributed by atoms with Gasteiger partial charge in [0.1, 0.15) is 0 Å². The van der Waals surface area contributed by atoms with Crippen molar-refractivity contribution in [1.29, 1.82) is 0 Å². The van der Waals surface area contributed by atoms with Crippen molar-refractivity contribution in [2.45, 2.75) is 27.3 Å². The van der Waals surface area contributed by atoms with Gasteiger partial charge in [-0.2, -0.15) is 0 Å². The minimum atomic E-state index is 0.285. The van der Waals surface area contributed by atoms with Crippen molar-refractivity contribution in [2.75, 3.05) is 0 Å². The van der Waals surface area contributed by atoms with E-state index in [1.165, 1.54) is 0 Å². The molecule has 0 bridgehead atoms. The third-order valence-electron chi connectivity index (χ3n) is 1.11. The Labute approximate surface area is 61.1 Å². The highest BCUT2D eigenvalue weighted by molar-refractivity contribution is 4.68. The Kier molecular flexibility index (Phi) is 1.74. The van der Waals surface area contributed by atoms with E-state index in [1.807, 2.05) is 10.9 Å². The Morgan fingerprint density at radius 3 is 2.50 bits per heavy atom. The molecule has 0 aliphatic carbocycles. The molecule has 0 aliphatic heterocycles. The molecule has 10 heavy (non-hydrogen) atoms. The predicted molar refractivity (Wildman–Crippen MR) is 39.5 cm³/mol. The molecule has 0 amide bonds. The molecule has 56 valence electrons. The number of hydrogen-bond acceptors (Lipinski definition) is 2. The first-order chi connectivity index (χ1) is 4.58. The molecule has 0 saturated carbocycles. The van der Waals surface area contributed by atoms with Gasteiger partial charge in [-0.05, 0) is 5.41 Å². The van der Waals surface area contributed by atoms with Crippen LogP contribution in [0.4, 0.5) is 0 Å². The molecular weight excluding hydrogens is 126 g/mol. The van der Waals surface area contributed by atoms with E-state index < -0.39 is 0 Å². The molecule has 0 radical (unpaired) electrons. The Balaban J connectivity index is 2.57. The number of hydrogen-bond donors (Lipinski definition) is 0. The summed E-state index contributed by atoms with van der Waals surface area (Å²) in [6.07, 6.45) is 3.58. The molecular formula is C7H13N3. The van der Waals surface area contributed by atoms with Crippen molar-refractivity contribution in [2.24, 2.45) is 5.41 Å². The van der Waals surface area contributed by atoms with Crippen molar-refractivity contribution in [3.63, 3.8) is 0 Å². The van der Waals surface area contributed by atoms with Crippen molar-refractivity contribution in [3.8, 4) is 0 Å². The van der Waals surface area contributed by atoms with Crippen LogP contribution in [-0.2, 0) is 6.54 Å². The van der Waals surface area contributed by atoms with Crippen LogP contribution in [0.25, 0.3) is 0 Å². The van der Waals surface area contributed by atoms with Gasteiger partial charge in [0.2, 0.25) is 0 Å². The summed E-state index contributed by atoms with van der Waals surface area (Å²) in [7, 11) is 0. The number of rotatable bonds is 1. The lowest BCUT2D eigenvalue weighted by Gasteiger charge is -2.16. The Hall–Kier alpha value is -0.860. The number of aromatic nitrogens is 3. The van der Waals surface area contributed by atoms with Crippen LogP contribution in [0.3, 0.4) is 0 Å². The SMILES string of the molecule is CC(C)(C)Cn1ccnn1. The average Bonchev–Trinajstić information content (AvgIpc) is 2.12. The summed E-state index contributed by atoms with van der Waals surface area (Å²) in [4.78, 5) is 0. The van der Waals surface area contributed by atoms with Crippen LogP contribution in [0, 0.1) is 5.41 Å². The zero-order valence-corrected chi connectivity index (χ0v) is 6.70. The van der Waals surface area contributed by atoms with Gasteiger partial charge in [-0.3, -0.25) is 4.68 Å². The Morgan fingerprint density at radius 1 is 1.40 bits per heavy atom. The standard InChI is InChI=1S/C7H13N3/c1-7(2,3)6-10-5-4-8-9-10/h4-5H,6H2,1-3H3. The summed E-state index contributed by atoms with van der Waals surface area (Å²) in [5, 5.41) is 7.59. The Morgan fingerprint density at radius 2 is 2.10 bits per heavy atom. The molecule has 1 rings (SSSR count). The zero-order chi connectivity index (χ0) is 7.61. The quantitative estimate of drug-likeness (QED) is 0.587. The molecule has 1 aromatic rings. The van der Waals surface area contributed by atoms with Gasteiger partial charge >= 0.3 is 0 Å². The van der Waals surface area contributed by atoms with Crippen LogP contribution in [0.15, 0.2) is 12.4 Å². The van der Waals surface area contributed by atoms with Crippen LogP contribution in [-0.4, -0.2) is 15.0 Å². The normalized spacial score (nSPS) is 11.9. The van der Waals surface area contributed by atoms with Gasteiger partial charge in [0.15, 0.2) is 0 Å². The minimum Gasteiger partial charge on any atom is -0.252 e. The summed E-state index contributed by atoms with van der Waals surface area (Å²) < 4.78 is 1.85. The third-order valence-corrected chi connectivity index (χ3v) is 1.11. The molecule has 0 N–H and O–H groups in total. The monoisotopic (exact) mass is 139 g/mol. The summed E-state index contributed by atoms with van der Waals surface area (Å²) >= 11 is 0. The molecule has 1 aromatic heterocycles. The molecule has 3 heteroatoms. The lowest BCUT2D eigenvalue weighted by Crippen LogP contribution is -2.15. The van der Waals surface area contributed by atoms with E-state index in [4.69, 9.17) is 0 Å². The van der Waals surface area contributed by atoms with E-state index in [0.717, 1.165) is 6.54 Å². The van der Waals surface area contributed by atoms with Gasteiger partial charge in [0, 0.05) is 12.7 Å². The van der Waals surface area contributed by atoms with Gasteiger partial charge < -0.3 is 0 Å². The highest BCUT2D eigenvalue weighted by atomic mass is 15.4. The van der Waals surface area contributed by atoms with Crippen LogP contribution < -0.4 is 0 Å². The van der Waals surface area contributed by atoms with Gasteiger partial charge in [0.25, 0.3) is 0 Å². The lowest BCUT2D eigenvalue weighted by atomic mass is 9.97. The van der Waals surface area contributed by atoms with Gasteiger partial charge in [-0.1, -0.05) is 26.0 Å². The molecule has 0 saturated heterocycles. The van der Waals surface area contributed by atoms with Gasteiger partial charge in [-0.25, -0.2) is 0 Å². The highest BCUT2D eigenvalue weighted by Crippen LogP contribution is 2.14. The third kappa shape index (κ3) is 2.17. The summed E-state index contributed by atoms with van der Waals surface area (Å²) in [6.45, 7) is 7.45. The van der Waals surface area contributed by atoms with Crippen molar-refractivity contribution < 1.29 is 0 Å². The summed E-state index contributed by atoms with van der Waals surface area (Å²) in [5.74, 6) is 0. The fourth-order valence-corrected chi connectivity index (χ4v) is 0.803. The topological polar surface area (TPSA) is 30.7 Å². The fourth-order valence-electron chi connectivity index (χ4n) is 0.803. The first-order valence-electron chi connectivity index (χ1n) is 3.42. The average molecular weight is 139 g/mol. The first kappa shape index (κ1) is 7.25. The first-order valence-corrected chi connectivity index (χ1v) is 3.42. The van der Waals surface area contributed by atoms with E-state index in [2.05, 4.69) is 31.1 Å². The van der Waals surface area contributed by atoms with E-state index in [9.17, 15) is 0 Å². The lowest BCUT2D eigenvalue weighted by molar-refractivity contribution is 0.321. The molecule has 0 aromatic carbocycles. The van der Waals surface area contributed by atoms with Crippen LogP contribution in [0.1, 0.15) is 20.8 Å². The van der Waals surface area contributed by atoms with Crippen LogP contribution in [0.2, 0.25) is 0 Å². The smallest absolute Gasteiger partial charge is 0.0692 e. The molecule has 0 atom stereocenters. The second kappa shape index (κ2) is 2.40. The van der Waals surface area contributed by atoms with E-state index in [-0.39, 0.29) is 5.41 Å². The van der Waals surface area contributed by atoms with Crippen LogP contribution >= 0.6 is 0 Å². The molecule has 0 aliphatic rings. The second-order valence-corrected chi connectivity index (χ2v) is 3.66. The highest BCUT2D eigenvalue weighted by Gasteiger charge is 2.10. The van der Waals surface area contributed by atoms with Crippen molar-refractivity contribution in [3.05, 3.63) is 12.4 Å². The molecule has 0 fully saturated rings.